The minimum atomic E-state index is -0.616. The molecule has 0 heterocycles. The Hall–Kier alpha value is -2.24. The predicted octanol–water partition coefficient (Wildman–Crippen LogP) is 0.105. The lowest BCUT2D eigenvalue weighted by molar-refractivity contribution is -0.122. The van der Waals surface area contributed by atoms with E-state index < -0.39 is 11.9 Å². The highest BCUT2D eigenvalue weighted by Gasteiger charge is 2.17. The summed E-state index contributed by atoms with van der Waals surface area (Å²) in [5.41, 5.74) is 12.3. The van der Waals surface area contributed by atoms with Crippen molar-refractivity contribution in [3.8, 4) is 0 Å². The van der Waals surface area contributed by atoms with Crippen molar-refractivity contribution in [2.24, 2.45) is 0 Å². The third-order valence-electron chi connectivity index (χ3n) is 2.41. The first-order valence-corrected chi connectivity index (χ1v) is 5.69. The molecule has 2 amide bonds. The summed E-state index contributed by atoms with van der Waals surface area (Å²) >= 11 is 0. The van der Waals surface area contributed by atoms with Gasteiger partial charge >= 0.3 is 0 Å². The lowest BCUT2D eigenvalue weighted by atomic mass is 10.1. The van der Waals surface area contributed by atoms with Crippen molar-refractivity contribution in [3.05, 3.63) is 23.8 Å². The molecule has 0 aliphatic carbocycles. The van der Waals surface area contributed by atoms with E-state index in [1.807, 2.05) is 6.92 Å². The van der Waals surface area contributed by atoms with Gasteiger partial charge in [0.05, 0.1) is 5.56 Å². The van der Waals surface area contributed by atoms with Crippen molar-refractivity contribution in [3.63, 3.8) is 0 Å². The summed E-state index contributed by atoms with van der Waals surface area (Å²) < 4.78 is 0. The van der Waals surface area contributed by atoms with Gasteiger partial charge in [0, 0.05) is 17.9 Å². The molecule has 0 saturated heterocycles. The van der Waals surface area contributed by atoms with E-state index in [0.717, 1.165) is 0 Å². The molecule has 0 aliphatic heterocycles. The van der Waals surface area contributed by atoms with Gasteiger partial charge in [-0.2, -0.15) is 0 Å². The van der Waals surface area contributed by atoms with Gasteiger partial charge in [-0.25, -0.2) is 0 Å². The molecule has 1 aromatic rings. The van der Waals surface area contributed by atoms with Gasteiger partial charge in [0.1, 0.15) is 6.04 Å². The molecule has 0 aliphatic rings. The molecule has 1 unspecified atom stereocenters. The first-order chi connectivity index (χ1) is 8.45. The Morgan fingerprint density at radius 2 is 2.00 bits per heavy atom. The molecule has 0 spiro atoms. The van der Waals surface area contributed by atoms with Crippen molar-refractivity contribution in [1.29, 1.82) is 0 Å². The minimum absolute atomic E-state index is 0.236. The zero-order valence-electron chi connectivity index (χ0n) is 10.5. The van der Waals surface area contributed by atoms with E-state index in [1.165, 1.54) is 12.1 Å². The SMILES string of the molecule is CCNC(=O)C(C)NC(=O)c1ccc(N)cc1N. The molecule has 0 aromatic heterocycles. The highest BCUT2D eigenvalue weighted by molar-refractivity contribution is 6.01. The first-order valence-electron chi connectivity index (χ1n) is 5.69. The van der Waals surface area contributed by atoms with Crippen molar-refractivity contribution < 1.29 is 9.59 Å². The summed E-state index contributed by atoms with van der Waals surface area (Å²) in [7, 11) is 0. The van der Waals surface area contributed by atoms with E-state index in [1.54, 1.807) is 13.0 Å². The zero-order valence-corrected chi connectivity index (χ0v) is 10.5. The number of nitrogens with two attached hydrogens (primary N) is 2. The summed E-state index contributed by atoms with van der Waals surface area (Å²) in [5.74, 6) is -0.633. The molecular formula is C12H18N4O2. The van der Waals surface area contributed by atoms with Gasteiger partial charge in [0.15, 0.2) is 0 Å². The average Bonchev–Trinajstić information content (AvgIpc) is 2.28. The van der Waals surface area contributed by atoms with Crippen LogP contribution in [0.1, 0.15) is 24.2 Å². The Morgan fingerprint density at radius 3 is 2.56 bits per heavy atom. The lowest BCUT2D eigenvalue weighted by Crippen LogP contribution is -2.44. The molecular weight excluding hydrogens is 232 g/mol. The van der Waals surface area contributed by atoms with Crippen LogP contribution in [0.15, 0.2) is 18.2 Å². The van der Waals surface area contributed by atoms with E-state index in [4.69, 9.17) is 11.5 Å². The minimum Gasteiger partial charge on any atom is -0.399 e. The molecule has 0 radical (unpaired) electrons. The molecule has 0 saturated carbocycles. The van der Waals surface area contributed by atoms with Crippen LogP contribution in [-0.4, -0.2) is 24.4 Å². The number of benzene rings is 1. The van der Waals surface area contributed by atoms with Gasteiger partial charge in [-0.3, -0.25) is 9.59 Å². The van der Waals surface area contributed by atoms with Crippen molar-refractivity contribution in [2.75, 3.05) is 18.0 Å². The van der Waals surface area contributed by atoms with Crippen LogP contribution >= 0.6 is 0 Å². The molecule has 1 atom stereocenters. The summed E-state index contributed by atoms with van der Waals surface area (Å²) in [5, 5.41) is 5.19. The topological polar surface area (TPSA) is 110 Å². The summed E-state index contributed by atoms with van der Waals surface area (Å²) in [6.45, 7) is 3.93. The van der Waals surface area contributed by atoms with Crippen LogP contribution in [0.25, 0.3) is 0 Å². The monoisotopic (exact) mass is 250 g/mol. The first kappa shape index (κ1) is 13.8. The maximum absolute atomic E-state index is 11.9. The van der Waals surface area contributed by atoms with Crippen LogP contribution in [0, 0.1) is 0 Å². The lowest BCUT2D eigenvalue weighted by Gasteiger charge is -2.14. The summed E-state index contributed by atoms with van der Waals surface area (Å²) in [4.78, 5) is 23.4. The Balaban J connectivity index is 2.73. The van der Waals surface area contributed by atoms with Gasteiger partial charge in [-0.1, -0.05) is 0 Å². The number of rotatable bonds is 4. The largest absolute Gasteiger partial charge is 0.399 e. The molecule has 0 bridgehead atoms. The fourth-order valence-corrected chi connectivity index (χ4v) is 1.46. The smallest absolute Gasteiger partial charge is 0.254 e. The average molecular weight is 250 g/mol. The summed E-state index contributed by atoms with van der Waals surface area (Å²) in [6, 6.07) is 4.01. The number of hydrogen-bond donors (Lipinski definition) is 4. The third-order valence-corrected chi connectivity index (χ3v) is 2.41. The predicted molar refractivity (Wildman–Crippen MR) is 70.9 cm³/mol. The van der Waals surface area contributed by atoms with Crippen LogP contribution in [0.5, 0.6) is 0 Å². The highest BCUT2D eigenvalue weighted by atomic mass is 16.2. The van der Waals surface area contributed by atoms with Crippen molar-refractivity contribution >= 4 is 23.2 Å². The Bertz CT molecular complexity index is 459. The third kappa shape index (κ3) is 3.38. The maximum Gasteiger partial charge on any atom is 0.254 e. The quantitative estimate of drug-likeness (QED) is 0.568. The molecule has 0 fully saturated rings. The van der Waals surface area contributed by atoms with Gasteiger partial charge in [-0.15, -0.1) is 0 Å². The van der Waals surface area contributed by atoms with E-state index >= 15 is 0 Å². The van der Waals surface area contributed by atoms with Crippen LogP contribution < -0.4 is 22.1 Å². The number of nitrogens with one attached hydrogen (secondary N) is 2. The number of hydrogen-bond acceptors (Lipinski definition) is 4. The molecule has 1 rings (SSSR count). The van der Waals surface area contributed by atoms with E-state index in [0.29, 0.717) is 17.8 Å². The van der Waals surface area contributed by atoms with E-state index in [9.17, 15) is 9.59 Å². The number of amides is 2. The second-order valence-corrected chi connectivity index (χ2v) is 3.94. The number of anilines is 2. The molecule has 1 aromatic carbocycles. The molecule has 6 heteroatoms. The van der Waals surface area contributed by atoms with Crippen LogP contribution in [0.3, 0.4) is 0 Å². The Morgan fingerprint density at radius 1 is 1.33 bits per heavy atom. The van der Waals surface area contributed by atoms with Crippen LogP contribution in [0.4, 0.5) is 11.4 Å². The molecule has 6 nitrogen and oxygen atoms in total. The number of carbonyl (C=O) groups is 2. The molecule has 18 heavy (non-hydrogen) atoms. The van der Waals surface area contributed by atoms with Crippen molar-refractivity contribution in [2.45, 2.75) is 19.9 Å². The normalized spacial score (nSPS) is 11.7. The Labute approximate surface area is 106 Å². The standard InChI is InChI=1S/C12H18N4O2/c1-3-15-11(17)7(2)16-12(18)9-5-4-8(13)6-10(9)14/h4-7H,3,13-14H2,1-2H3,(H,15,17)(H,16,18). The fourth-order valence-electron chi connectivity index (χ4n) is 1.46. The van der Waals surface area contributed by atoms with Crippen LogP contribution in [-0.2, 0) is 4.79 Å². The van der Waals surface area contributed by atoms with E-state index in [-0.39, 0.29) is 11.6 Å². The van der Waals surface area contributed by atoms with Gasteiger partial charge < -0.3 is 22.1 Å². The number of likely N-dealkylation sites (N-methyl/N-ethyl adjacent to an activating group) is 1. The molecule has 98 valence electrons. The second kappa shape index (κ2) is 5.90. The van der Waals surface area contributed by atoms with Crippen LogP contribution in [0.2, 0.25) is 0 Å². The number of carbonyl (C=O) groups excluding carboxylic acids is 2. The second-order valence-electron chi connectivity index (χ2n) is 3.94. The highest BCUT2D eigenvalue weighted by Crippen LogP contribution is 2.15. The van der Waals surface area contributed by atoms with Crippen molar-refractivity contribution in [1.82, 2.24) is 10.6 Å². The van der Waals surface area contributed by atoms with Gasteiger partial charge in [-0.05, 0) is 32.0 Å². The van der Waals surface area contributed by atoms with Gasteiger partial charge in [0.25, 0.3) is 5.91 Å². The van der Waals surface area contributed by atoms with Gasteiger partial charge in [0.2, 0.25) is 5.91 Å². The Kier molecular flexibility index (Phi) is 4.53. The number of nitrogen functional groups attached to an aromatic ring is 2. The maximum atomic E-state index is 11.9. The molecule has 6 N–H and O–H groups in total. The zero-order chi connectivity index (χ0) is 13.7. The fraction of sp³-hybridized carbons (Fsp3) is 0.333. The summed E-state index contributed by atoms with van der Waals surface area (Å²) in [6.07, 6.45) is 0. The van der Waals surface area contributed by atoms with E-state index in [2.05, 4.69) is 10.6 Å².